The molecule has 5 rings (SSSR count). The van der Waals surface area contributed by atoms with Gasteiger partial charge in [0.25, 0.3) is 0 Å². The average Bonchev–Trinajstić information content (AvgIpc) is 3.52. The Balaban J connectivity index is 1.17. The average molecular weight is 477 g/mol. The fourth-order valence-electron chi connectivity index (χ4n) is 5.00. The van der Waals surface area contributed by atoms with Crippen LogP contribution in [0.25, 0.3) is 0 Å². The molecule has 6 heteroatoms. The van der Waals surface area contributed by atoms with Crippen molar-refractivity contribution in [3.8, 4) is 17.6 Å². The number of rotatable bonds is 8. The van der Waals surface area contributed by atoms with Crippen molar-refractivity contribution in [2.24, 2.45) is 0 Å². The van der Waals surface area contributed by atoms with Gasteiger partial charge in [0.05, 0.1) is 37.8 Å². The van der Waals surface area contributed by atoms with Gasteiger partial charge in [0.1, 0.15) is 18.5 Å². The van der Waals surface area contributed by atoms with Gasteiger partial charge in [-0.3, -0.25) is 4.79 Å². The molecule has 3 aliphatic rings. The van der Waals surface area contributed by atoms with Gasteiger partial charge in [-0.15, -0.1) is 5.92 Å². The van der Waals surface area contributed by atoms with Gasteiger partial charge in [0, 0.05) is 12.8 Å². The van der Waals surface area contributed by atoms with Crippen LogP contribution in [0, 0.1) is 11.8 Å². The smallest absolute Gasteiger partial charge is 0.307 e. The summed E-state index contributed by atoms with van der Waals surface area (Å²) in [5.74, 6) is 5.87. The Hall–Kier alpha value is -2.85. The number of fused-ring (bicyclic) bond motifs is 1. The minimum Gasteiger partial charge on any atom is -0.489 e. The Labute approximate surface area is 206 Å². The van der Waals surface area contributed by atoms with Crippen molar-refractivity contribution < 1.29 is 28.5 Å². The molecule has 2 heterocycles. The predicted molar refractivity (Wildman–Crippen MR) is 130 cm³/mol. The van der Waals surface area contributed by atoms with Gasteiger partial charge >= 0.3 is 5.97 Å². The van der Waals surface area contributed by atoms with Gasteiger partial charge in [0.15, 0.2) is 5.79 Å². The minimum atomic E-state index is -0.482. The molecule has 4 unspecified atom stereocenters. The fraction of sp³-hybridized carbons (Fsp3) is 0.483. The lowest BCUT2D eigenvalue weighted by molar-refractivity contribution is -0.184. The van der Waals surface area contributed by atoms with E-state index in [1.54, 1.807) is 13.8 Å². The molecule has 1 saturated carbocycles. The molecule has 3 fully saturated rings. The van der Waals surface area contributed by atoms with Gasteiger partial charge in [-0.25, -0.2) is 0 Å². The van der Waals surface area contributed by atoms with Crippen LogP contribution in [-0.4, -0.2) is 37.2 Å². The van der Waals surface area contributed by atoms with Crippen molar-refractivity contribution >= 4 is 5.97 Å². The van der Waals surface area contributed by atoms with Crippen molar-refractivity contribution in [2.45, 2.75) is 76.2 Å². The number of esters is 1. The van der Waals surface area contributed by atoms with Crippen molar-refractivity contribution in [3.63, 3.8) is 0 Å². The van der Waals surface area contributed by atoms with Gasteiger partial charge in [-0.2, -0.15) is 0 Å². The van der Waals surface area contributed by atoms with Crippen molar-refractivity contribution in [2.75, 3.05) is 13.2 Å². The van der Waals surface area contributed by atoms with E-state index in [9.17, 15) is 4.79 Å². The van der Waals surface area contributed by atoms with Crippen LogP contribution in [0.2, 0.25) is 0 Å². The molecule has 0 N–H and O–H groups in total. The quantitative estimate of drug-likeness (QED) is 0.301. The summed E-state index contributed by atoms with van der Waals surface area (Å²) in [7, 11) is 0. The summed E-state index contributed by atoms with van der Waals surface area (Å²) in [4.78, 5) is 11.9. The first-order valence-corrected chi connectivity index (χ1v) is 12.4. The van der Waals surface area contributed by atoms with Crippen LogP contribution < -0.4 is 4.74 Å². The Morgan fingerprint density at radius 3 is 2.83 bits per heavy atom. The molecule has 5 atom stereocenters. The zero-order valence-corrected chi connectivity index (χ0v) is 20.3. The highest BCUT2D eigenvalue weighted by molar-refractivity contribution is 5.71. The number of epoxide rings is 1. The second kappa shape index (κ2) is 10.4. The molecule has 0 bridgehead atoms. The molecule has 1 aliphatic carbocycles. The maximum Gasteiger partial charge on any atom is 0.307 e. The molecule has 2 aromatic carbocycles. The first-order valence-electron chi connectivity index (χ1n) is 12.4. The first kappa shape index (κ1) is 23.9. The number of hydrogen-bond acceptors (Lipinski definition) is 6. The summed E-state index contributed by atoms with van der Waals surface area (Å²) in [5.41, 5.74) is 3.15. The molecular weight excluding hydrogens is 444 g/mol. The Bertz CT molecular complexity index is 1100. The fourth-order valence-corrected chi connectivity index (χ4v) is 5.00. The zero-order chi connectivity index (χ0) is 24.3. The van der Waals surface area contributed by atoms with E-state index in [-0.39, 0.29) is 24.4 Å². The summed E-state index contributed by atoms with van der Waals surface area (Å²) in [6, 6.07) is 16.1. The van der Waals surface area contributed by atoms with E-state index in [0.717, 1.165) is 41.7 Å². The molecule has 0 amide bonds. The highest BCUT2D eigenvalue weighted by Crippen LogP contribution is 2.49. The van der Waals surface area contributed by atoms with Gasteiger partial charge < -0.3 is 23.7 Å². The summed E-state index contributed by atoms with van der Waals surface area (Å²) in [6.07, 6.45) is 3.64. The molecule has 2 aliphatic heterocycles. The SMILES string of the molecule is CC#C[C@@H](CC(=O)OCC)c1ccc(OCc2cccc(C3COC4(CCC5OC5C4)O3)c2)cc1. The van der Waals surface area contributed by atoms with E-state index < -0.39 is 5.79 Å². The van der Waals surface area contributed by atoms with Gasteiger partial charge in [-0.05, 0) is 55.2 Å². The second-order valence-electron chi connectivity index (χ2n) is 9.34. The lowest BCUT2D eigenvalue weighted by atomic mass is 9.94. The maximum absolute atomic E-state index is 11.9. The van der Waals surface area contributed by atoms with Crippen LogP contribution in [-0.2, 0) is 30.3 Å². The monoisotopic (exact) mass is 476 g/mol. The molecular formula is C29H32O6. The number of carbonyl (C=O) groups excluding carboxylic acids is 1. The summed E-state index contributed by atoms with van der Waals surface area (Å²) in [6.45, 7) is 4.97. The van der Waals surface area contributed by atoms with Crippen molar-refractivity contribution in [1.29, 1.82) is 0 Å². The van der Waals surface area contributed by atoms with E-state index in [1.165, 1.54) is 0 Å². The number of ether oxygens (including phenoxy) is 5. The number of benzene rings is 2. The van der Waals surface area contributed by atoms with E-state index >= 15 is 0 Å². The van der Waals surface area contributed by atoms with E-state index in [2.05, 4.69) is 30.0 Å². The molecule has 6 nitrogen and oxygen atoms in total. The predicted octanol–water partition coefficient (Wildman–Crippen LogP) is 5.06. The molecule has 0 radical (unpaired) electrons. The highest BCUT2D eigenvalue weighted by Gasteiger charge is 2.55. The summed E-state index contributed by atoms with van der Waals surface area (Å²) in [5, 5.41) is 0. The Kier molecular flexibility index (Phi) is 7.10. The van der Waals surface area contributed by atoms with Crippen LogP contribution in [0.3, 0.4) is 0 Å². The highest BCUT2D eigenvalue weighted by atomic mass is 16.7. The lowest BCUT2D eigenvalue weighted by Gasteiger charge is -2.29. The summed E-state index contributed by atoms with van der Waals surface area (Å²) >= 11 is 0. The maximum atomic E-state index is 11.9. The van der Waals surface area contributed by atoms with E-state index in [1.807, 2.05) is 30.3 Å². The topological polar surface area (TPSA) is 66.5 Å². The molecule has 35 heavy (non-hydrogen) atoms. The largest absolute Gasteiger partial charge is 0.489 e. The molecule has 2 aromatic rings. The van der Waals surface area contributed by atoms with Crippen LogP contribution >= 0.6 is 0 Å². The standard InChI is InChI=1S/C29H32O6/c1-3-6-22(16-28(30)31-4-2)21-9-11-24(12-10-21)32-18-20-7-5-8-23(15-20)27-19-33-29(35-27)14-13-25-26(17-29)34-25/h5,7-12,15,22,25-27H,4,13-14,16-19H2,1-2H3/t22-,25?,26?,27?,29?/m0/s1. The van der Waals surface area contributed by atoms with Gasteiger partial charge in [0.2, 0.25) is 0 Å². The third-order valence-electron chi connectivity index (χ3n) is 6.87. The van der Waals surface area contributed by atoms with E-state index in [0.29, 0.717) is 32.0 Å². The van der Waals surface area contributed by atoms with Crippen LogP contribution in [0.15, 0.2) is 48.5 Å². The van der Waals surface area contributed by atoms with Gasteiger partial charge in [-0.1, -0.05) is 36.3 Å². The lowest BCUT2D eigenvalue weighted by Crippen LogP contribution is -2.35. The van der Waals surface area contributed by atoms with Crippen LogP contribution in [0.5, 0.6) is 5.75 Å². The molecule has 1 spiro atoms. The molecule has 184 valence electrons. The number of carbonyl (C=O) groups is 1. The van der Waals surface area contributed by atoms with E-state index in [4.69, 9.17) is 23.7 Å². The first-order chi connectivity index (χ1) is 17.1. The third kappa shape index (κ3) is 5.70. The summed E-state index contributed by atoms with van der Waals surface area (Å²) < 4.78 is 29.3. The minimum absolute atomic E-state index is 0.0689. The Morgan fingerprint density at radius 1 is 1.20 bits per heavy atom. The Morgan fingerprint density at radius 2 is 2.06 bits per heavy atom. The van der Waals surface area contributed by atoms with Crippen molar-refractivity contribution in [3.05, 3.63) is 65.2 Å². The normalized spacial score (nSPS) is 27.4. The van der Waals surface area contributed by atoms with Crippen LogP contribution in [0.4, 0.5) is 0 Å². The molecule has 2 saturated heterocycles. The zero-order valence-electron chi connectivity index (χ0n) is 20.3. The second-order valence-corrected chi connectivity index (χ2v) is 9.34. The number of hydrogen-bond donors (Lipinski definition) is 0. The third-order valence-corrected chi connectivity index (χ3v) is 6.87. The van der Waals surface area contributed by atoms with Crippen LogP contribution in [0.1, 0.15) is 68.2 Å². The molecule has 0 aromatic heterocycles. The van der Waals surface area contributed by atoms with Crippen molar-refractivity contribution in [1.82, 2.24) is 0 Å².